The van der Waals surface area contributed by atoms with Crippen molar-refractivity contribution in [2.75, 3.05) is 12.9 Å². The lowest BCUT2D eigenvalue weighted by Gasteiger charge is -2.07. The number of fused-ring (bicyclic) bond motifs is 3. The molecule has 0 radical (unpaired) electrons. The molecule has 3 heterocycles. The van der Waals surface area contributed by atoms with Gasteiger partial charge in [-0.3, -0.25) is 9.20 Å². The fraction of sp³-hybridized carbons (Fsp3) is 0.238. The number of hydrogen-bond acceptors (Lipinski definition) is 6. The van der Waals surface area contributed by atoms with Crippen molar-refractivity contribution < 1.29 is 14.3 Å². The zero-order valence-electron chi connectivity index (χ0n) is 16.6. The molecular weight excluding hydrogens is 388 g/mol. The topological polar surface area (TPSA) is 89.4 Å². The van der Waals surface area contributed by atoms with Gasteiger partial charge >= 0.3 is 5.97 Å². The number of esters is 1. The van der Waals surface area contributed by atoms with Crippen LogP contribution in [0.5, 0.6) is 0 Å². The van der Waals surface area contributed by atoms with Crippen molar-refractivity contribution in [3.8, 4) is 0 Å². The van der Waals surface area contributed by atoms with E-state index in [-0.39, 0.29) is 11.5 Å². The summed E-state index contributed by atoms with van der Waals surface area (Å²) in [7, 11) is 1.33. The van der Waals surface area contributed by atoms with E-state index in [2.05, 4.69) is 21.2 Å². The number of rotatable bonds is 5. The summed E-state index contributed by atoms with van der Waals surface area (Å²) in [6, 6.07) is 10.0. The minimum Gasteiger partial charge on any atom is -0.465 e. The number of hydrogen-bond donors (Lipinski definition) is 1. The largest absolute Gasteiger partial charge is 0.465 e. The molecule has 0 aliphatic heterocycles. The van der Waals surface area contributed by atoms with Crippen molar-refractivity contribution >= 4 is 40.1 Å². The van der Waals surface area contributed by atoms with E-state index in [0.29, 0.717) is 27.7 Å². The lowest BCUT2D eigenvalue weighted by atomic mass is 10.1. The summed E-state index contributed by atoms with van der Waals surface area (Å²) in [6.07, 6.45) is 0. The van der Waals surface area contributed by atoms with Crippen molar-refractivity contribution in [1.29, 1.82) is 0 Å². The summed E-state index contributed by atoms with van der Waals surface area (Å²) in [5, 5.41) is 10.3. The molecule has 4 rings (SSSR count). The van der Waals surface area contributed by atoms with E-state index in [1.165, 1.54) is 18.9 Å². The maximum absolute atomic E-state index is 12.8. The van der Waals surface area contributed by atoms with E-state index in [1.54, 1.807) is 13.8 Å². The second-order valence-electron chi connectivity index (χ2n) is 6.85. The van der Waals surface area contributed by atoms with Crippen LogP contribution in [-0.2, 0) is 4.74 Å². The molecule has 3 aromatic heterocycles. The number of ketones is 1. The number of nitrogens with one attached hydrogen (secondary N) is 1. The smallest absolute Gasteiger partial charge is 0.339 e. The van der Waals surface area contributed by atoms with Crippen LogP contribution in [0.1, 0.15) is 37.7 Å². The summed E-state index contributed by atoms with van der Waals surface area (Å²) in [4.78, 5) is 27.8. The number of Topliss-reactive ketones (excluding diaryl/α,β-unsaturated/α-hetero) is 1. The number of H-pyrrole nitrogens is 1. The molecule has 4 aromatic rings. The molecule has 0 spiro atoms. The fourth-order valence-corrected chi connectivity index (χ4v) is 4.43. The third kappa shape index (κ3) is 3.19. The fourth-order valence-electron chi connectivity index (χ4n) is 3.61. The van der Waals surface area contributed by atoms with Crippen molar-refractivity contribution in [2.24, 2.45) is 0 Å². The van der Waals surface area contributed by atoms with Crippen LogP contribution < -0.4 is 0 Å². The number of aromatic amines is 1. The van der Waals surface area contributed by atoms with E-state index >= 15 is 0 Å². The number of carbonyl (C=O) groups excluding carboxylic acids is 2. The van der Waals surface area contributed by atoms with Gasteiger partial charge in [-0.15, -0.1) is 10.2 Å². The van der Waals surface area contributed by atoms with Crippen LogP contribution in [0, 0.1) is 20.8 Å². The van der Waals surface area contributed by atoms with Crippen LogP contribution in [0.3, 0.4) is 0 Å². The number of pyridine rings is 1. The molecule has 0 aliphatic rings. The maximum atomic E-state index is 12.8. The molecular formula is C21H20N4O3S. The van der Waals surface area contributed by atoms with Gasteiger partial charge in [0.1, 0.15) is 0 Å². The normalized spacial score (nSPS) is 11.3. The van der Waals surface area contributed by atoms with Crippen molar-refractivity contribution in [3.05, 3.63) is 58.4 Å². The van der Waals surface area contributed by atoms with Crippen molar-refractivity contribution in [2.45, 2.75) is 25.9 Å². The zero-order valence-corrected chi connectivity index (χ0v) is 17.4. The molecule has 0 saturated heterocycles. The Morgan fingerprint density at radius 1 is 1.17 bits per heavy atom. The Morgan fingerprint density at radius 2 is 1.93 bits per heavy atom. The molecule has 1 aromatic carbocycles. The molecule has 29 heavy (non-hydrogen) atoms. The lowest BCUT2D eigenvalue weighted by Crippen LogP contribution is -2.07. The predicted octanol–water partition coefficient (Wildman–Crippen LogP) is 3.90. The van der Waals surface area contributed by atoms with Crippen LogP contribution >= 0.6 is 11.8 Å². The standard InChI is InChI=1S/C21H20N4O3S/c1-11-9-17-23-24-21(25(17)15-8-6-5-7-14(11)15)29-10-16(26)19-12(2)18(13(3)22-19)20(27)28-4/h5-9,22H,10H2,1-4H3. The first-order valence-corrected chi connectivity index (χ1v) is 10.1. The summed E-state index contributed by atoms with van der Waals surface area (Å²) in [6.45, 7) is 5.54. The maximum Gasteiger partial charge on any atom is 0.339 e. The highest BCUT2D eigenvalue weighted by molar-refractivity contribution is 7.99. The van der Waals surface area contributed by atoms with Gasteiger partial charge in [0.15, 0.2) is 16.6 Å². The average Bonchev–Trinajstić information content (AvgIpc) is 3.26. The van der Waals surface area contributed by atoms with Crippen molar-refractivity contribution in [1.82, 2.24) is 19.6 Å². The number of thioether (sulfide) groups is 1. The van der Waals surface area contributed by atoms with Crippen LogP contribution in [-0.4, -0.2) is 44.2 Å². The number of ether oxygens (including phenoxy) is 1. The number of nitrogens with zero attached hydrogens (tertiary/aromatic N) is 3. The number of para-hydroxylation sites is 1. The van der Waals surface area contributed by atoms with Gasteiger partial charge in [0.25, 0.3) is 0 Å². The number of carbonyl (C=O) groups is 2. The van der Waals surface area contributed by atoms with E-state index in [1.807, 2.05) is 35.6 Å². The van der Waals surface area contributed by atoms with Gasteiger partial charge in [0.05, 0.1) is 29.6 Å². The van der Waals surface area contributed by atoms with Crippen LogP contribution in [0.4, 0.5) is 0 Å². The predicted molar refractivity (Wildman–Crippen MR) is 112 cm³/mol. The Morgan fingerprint density at radius 3 is 2.69 bits per heavy atom. The molecule has 0 fully saturated rings. The van der Waals surface area contributed by atoms with E-state index in [0.717, 1.165) is 22.1 Å². The second-order valence-corrected chi connectivity index (χ2v) is 7.79. The van der Waals surface area contributed by atoms with Crippen molar-refractivity contribution in [3.63, 3.8) is 0 Å². The Labute approximate surface area is 171 Å². The van der Waals surface area contributed by atoms with Gasteiger partial charge in [-0.1, -0.05) is 30.0 Å². The number of aryl methyl sites for hydroxylation is 2. The van der Waals surface area contributed by atoms with Crippen LogP contribution in [0.2, 0.25) is 0 Å². The average molecular weight is 408 g/mol. The summed E-state index contributed by atoms with van der Waals surface area (Å²) in [5.41, 5.74) is 4.93. The number of benzene rings is 1. The second kappa shape index (κ2) is 7.36. The van der Waals surface area contributed by atoms with Crippen LogP contribution in [0.15, 0.2) is 35.5 Å². The molecule has 0 bridgehead atoms. The van der Waals surface area contributed by atoms with E-state index in [4.69, 9.17) is 4.74 Å². The first-order chi connectivity index (χ1) is 13.9. The molecule has 0 atom stereocenters. The number of aromatic nitrogens is 4. The molecule has 1 N–H and O–H groups in total. The van der Waals surface area contributed by atoms with E-state index < -0.39 is 5.97 Å². The van der Waals surface area contributed by atoms with Gasteiger partial charge in [0.2, 0.25) is 0 Å². The summed E-state index contributed by atoms with van der Waals surface area (Å²) in [5.74, 6) is -0.392. The molecule has 0 amide bonds. The third-order valence-electron chi connectivity index (χ3n) is 5.01. The molecule has 8 heteroatoms. The summed E-state index contributed by atoms with van der Waals surface area (Å²) >= 11 is 1.32. The number of methoxy groups -OCH3 is 1. The van der Waals surface area contributed by atoms with Gasteiger partial charge < -0.3 is 9.72 Å². The minimum atomic E-state index is -0.451. The van der Waals surface area contributed by atoms with Gasteiger partial charge in [0, 0.05) is 11.1 Å². The van der Waals surface area contributed by atoms with Gasteiger partial charge in [-0.05, 0) is 44.0 Å². The lowest BCUT2D eigenvalue weighted by molar-refractivity contribution is 0.0599. The highest BCUT2D eigenvalue weighted by Gasteiger charge is 2.23. The molecule has 7 nitrogen and oxygen atoms in total. The highest BCUT2D eigenvalue weighted by atomic mass is 32.2. The Kier molecular flexibility index (Phi) is 4.87. The highest BCUT2D eigenvalue weighted by Crippen LogP contribution is 2.27. The quantitative estimate of drug-likeness (QED) is 0.306. The monoisotopic (exact) mass is 408 g/mol. The summed E-state index contributed by atoms with van der Waals surface area (Å²) < 4.78 is 6.78. The Hall–Kier alpha value is -3.13. The van der Waals surface area contributed by atoms with Gasteiger partial charge in [-0.25, -0.2) is 4.79 Å². The minimum absolute atomic E-state index is 0.112. The Balaban J connectivity index is 1.65. The Bertz CT molecular complexity index is 1270. The molecule has 0 unspecified atom stereocenters. The molecule has 0 aliphatic carbocycles. The first kappa shape index (κ1) is 19.2. The first-order valence-electron chi connectivity index (χ1n) is 9.09. The SMILES string of the molecule is COC(=O)c1c(C)[nH]c(C(=O)CSc2nnc3cc(C)c4ccccc4n23)c1C. The molecule has 148 valence electrons. The third-order valence-corrected chi connectivity index (χ3v) is 5.94. The molecule has 0 saturated carbocycles. The zero-order chi connectivity index (χ0) is 20.7. The van der Waals surface area contributed by atoms with E-state index in [9.17, 15) is 9.59 Å². The van der Waals surface area contributed by atoms with Crippen LogP contribution in [0.25, 0.3) is 16.6 Å². The van der Waals surface area contributed by atoms with Gasteiger partial charge in [-0.2, -0.15) is 0 Å².